The van der Waals surface area contributed by atoms with E-state index in [1.54, 1.807) is 13.4 Å². The SMILES string of the molecule is CCn1cnnc1CNC(=NC)NCC(C)C. The van der Waals surface area contributed by atoms with Gasteiger partial charge in [-0.2, -0.15) is 0 Å². The summed E-state index contributed by atoms with van der Waals surface area (Å²) in [4.78, 5) is 4.15. The number of aliphatic imine (C=N–C) groups is 1. The summed E-state index contributed by atoms with van der Waals surface area (Å²) in [5, 5.41) is 14.4. The fraction of sp³-hybridized carbons (Fsp3) is 0.727. The molecule has 0 spiro atoms. The average molecular weight is 238 g/mol. The van der Waals surface area contributed by atoms with Gasteiger partial charge in [0, 0.05) is 20.1 Å². The Balaban J connectivity index is 2.43. The highest BCUT2D eigenvalue weighted by atomic mass is 15.3. The van der Waals surface area contributed by atoms with Crippen molar-refractivity contribution in [1.29, 1.82) is 0 Å². The minimum Gasteiger partial charge on any atom is -0.356 e. The molecular formula is C11H22N6. The maximum Gasteiger partial charge on any atom is 0.191 e. The zero-order chi connectivity index (χ0) is 12.7. The van der Waals surface area contributed by atoms with Crippen LogP contribution in [0.2, 0.25) is 0 Å². The number of rotatable bonds is 5. The molecule has 0 amide bonds. The van der Waals surface area contributed by atoms with Gasteiger partial charge in [0.1, 0.15) is 6.33 Å². The van der Waals surface area contributed by atoms with Crippen LogP contribution in [0.25, 0.3) is 0 Å². The summed E-state index contributed by atoms with van der Waals surface area (Å²) < 4.78 is 2.00. The molecule has 96 valence electrons. The second-order valence-electron chi connectivity index (χ2n) is 4.23. The van der Waals surface area contributed by atoms with Crippen molar-refractivity contribution in [3.8, 4) is 0 Å². The quantitative estimate of drug-likeness (QED) is 0.583. The second-order valence-corrected chi connectivity index (χ2v) is 4.23. The van der Waals surface area contributed by atoms with E-state index < -0.39 is 0 Å². The Morgan fingerprint density at radius 1 is 1.47 bits per heavy atom. The Morgan fingerprint density at radius 2 is 2.24 bits per heavy atom. The van der Waals surface area contributed by atoms with E-state index in [0.29, 0.717) is 12.5 Å². The van der Waals surface area contributed by atoms with E-state index in [0.717, 1.165) is 24.9 Å². The summed E-state index contributed by atoms with van der Waals surface area (Å²) in [7, 11) is 1.76. The van der Waals surface area contributed by atoms with Gasteiger partial charge >= 0.3 is 0 Å². The predicted molar refractivity (Wildman–Crippen MR) is 68.7 cm³/mol. The molecule has 1 heterocycles. The monoisotopic (exact) mass is 238 g/mol. The molecule has 1 rings (SSSR count). The lowest BCUT2D eigenvalue weighted by Gasteiger charge is -2.13. The van der Waals surface area contributed by atoms with Crippen LogP contribution in [0.15, 0.2) is 11.3 Å². The molecule has 0 saturated heterocycles. The Kier molecular flexibility index (Phi) is 5.45. The maximum absolute atomic E-state index is 4.15. The van der Waals surface area contributed by atoms with Crippen molar-refractivity contribution in [2.24, 2.45) is 10.9 Å². The lowest BCUT2D eigenvalue weighted by Crippen LogP contribution is -2.39. The lowest BCUT2D eigenvalue weighted by atomic mass is 10.2. The molecule has 1 aromatic rings. The van der Waals surface area contributed by atoms with Gasteiger partial charge in [0.2, 0.25) is 0 Å². The molecule has 0 atom stereocenters. The van der Waals surface area contributed by atoms with Gasteiger partial charge in [0.25, 0.3) is 0 Å². The number of nitrogens with one attached hydrogen (secondary N) is 2. The van der Waals surface area contributed by atoms with Crippen molar-refractivity contribution < 1.29 is 0 Å². The Bertz CT molecular complexity index is 355. The summed E-state index contributed by atoms with van der Waals surface area (Å²) >= 11 is 0. The van der Waals surface area contributed by atoms with E-state index in [1.165, 1.54) is 0 Å². The number of hydrogen-bond donors (Lipinski definition) is 2. The molecule has 0 unspecified atom stereocenters. The van der Waals surface area contributed by atoms with Gasteiger partial charge in [0.15, 0.2) is 11.8 Å². The summed E-state index contributed by atoms with van der Waals surface area (Å²) in [5.41, 5.74) is 0. The molecule has 2 N–H and O–H groups in total. The number of guanidine groups is 1. The molecule has 0 aliphatic carbocycles. The average Bonchev–Trinajstić information content (AvgIpc) is 2.76. The number of hydrogen-bond acceptors (Lipinski definition) is 3. The van der Waals surface area contributed by atoms with Crippen LogP contribution in [0.3, 0.4) is 0 Å². The summed E-state index contributed by atoms with van der Waals surface area (Å²) in [6.07, 6.45) is 1.74. The van der Waals surface area contributed by atoms with Gasteiger partial charge < -0.3 is 15.2 Å². The lowest BCUT2D eigenvalue weighted by molar-refractivity contribution is 0.609. The zero-order valence-electron chi connectivity index (χ0n) is 11.1. The largest absolute Gasteiger partial charge is 0.356 e. The van der Waals surface area contributed by atoms with Gasteiger partial charge in [-0.25, -0.2) is 0 Å². The van der Waals surface area contributed by atoms with Crippen LogP contribution in [0.4, 0.5) is 0 Å². The highest BCUT2D eigenvalue weighted by molar-refractivity contribution is 5.79. The molecule has 0 aliphatic rings. The normalized spacial score (nSPS) is 11.9. The topological polar surface area (TPSA) is 67.1 Å². The predicted octanol–water partition coefficient (Wildman–Crippen LogP) is 0.619. The first-order valence-corrected chi connectivity index (χ1v) is 5.98. The number of nitrogens with zero attached hydrogens (tertiary/aromatic N) is 4. The van der Waals surface area contributed by atoms with E-state index in [9.17, 15) is 0 Å². The Hall–Kier alpha value is -1.59. The summed E-state index contributed by atoms with van der Waals surface area (Å²) in [6.45, 7) is 8.80. The zero-order valence-corrected chi connectivity index (χ0v) is 11.1. The van der Waals surface area contributed by atoms with Gasteiger partial charge in [-0.15, -0.1) is 10.2 Å². The minimum atomic E-state index is 0.591. The van der Waals surface area contributed by atoms with E-state index in [1.807, 2.05) is 4.57 Å². The highest BCUT2D eigenvalue weighted by Crippen LogP contribution is 1.94. The molecule has 6 heteroatoms. The smallest absolute Gasteiger partial charge is 0.191 e. The first-order chi connectivity index (χ1) is 8.17. The third-order valence-electron chi connectivity index (χ3n) is 2.35. The van der Waals surface area contributed by atoms with Crippen LogP contribution in [0.5, 0.6) is 0 Å². The Labute approximate surface area is 103 Å². The molecule has 1 aromatic heterocycles. The van der Waals surface area contributed by atoms with E-state index >= 15 is 0 Å². The van der Waals surface area contributed by atoms with Crippen molar-refractivity contribution in [2.75, 3.05) is 13.6 Å². The van der Waals surface area contributed by atoms with Crippen molar-refractivity contribution in [2.45, 2.75) is 33.9 Å². The van der Waals surface area contributed by atoms with E-state index in [-0.39, 0.29) is 0 Å². The fourth-order valence-electron chi connectivity index (χ4n) is 1.36. The molecule has 0 aliphatic heterocycles. The number of aromatic nitrogens is 3. The van der Waals surface area contributed by atoms with Gasteiger partial charge in [0.05, 0.1) is 6.54 Å². The fourth-order valence-corrected chi connectivity index (χ4v) is 1.36. The molecular weight excluding hydrogens is 216 g/mol. The first kappa shape index (κ1) is 13.5. The maximum atomic E-state index is 4.15. The molecule has 0 saturated carbocycles. The van der Waals surface area contributed by atoms with Crippen LogP contribution in [0.1, 0.15) is 26.6 Å². The van der Waals surface area contributed by atoms with Crippen molar-refractivity contribution in [1.82, 2.24) is 25.4 Å². The molecule has 0 fully saturated rings. The van der Waals surface area contributed by atoms with Crippen molar-refractivity contribution in [3.63, 3.8) is 0 Å². The molecule has 6 nitrogen and oxygen atoms in total. The van der Waals surface area contributed by atoms with Crippen molar-refractivity contribution in [3.05, 3.63) is 12.2 Å². The standard InChI is InChI=1S/C11H22N6/c1-5-17-8-15-16-10(17)7-14-11(12-4)13-6-9(2)3/h8-9H,5-7H2,1-4H3,(H2,12,13,14). The minimum absolute atomic E-state index is 0.591. The summed E-state index contributed by atoms with van der Waals surface area (Å²) in [5.74, 6) is 2.30. The Morgan fingerprint density at radius 3 is 2.82 bits per heavy atom. The van der Waals surface area contributed by atoms with Crippen molar-refractivity contribution >= 4 is 5.96 Å². The number of aryl methyl sites for hydroxylation is 1. The molecule has 17 heavy (non-hydrogen) atoms. The molecule has 0 radical (unpaired) electrons. The van der Waals surface area contributed by atoms with E-state index in [4.69, 9.17) is 0 Å². The van der Waals surface area contributed by atoms with Crippen LogP contribution < -0.4 is 10.6 Å². The molecule has 0 bridgehead atoms. The summed E-state index contributed by atoms with van der Waals surface area (Å²) in [6, 6.07) is 0. The van der Waals surface area contributed by atoms with Gasteiger partial charge in [-0.05, 0) is 12.8 Å². The van der Waals surface area contributed by atoms with Gasteiger partial charge in [-0.3, -0.25) is 4.99 Å². The van der Waals surface area contributed by atoms with Crippen LogP contribution in [-0.2, 0) is 13.1 Å². The molecule has 0 aromatic carbocycles. The van der Waals surface area contributed by atoms with Crippen LogP contribution >= 0.6 is 0 Å². The third-order valence-corrected chi connectivity index (χ3v) is 2.35. The van der Waals surface area contributed by atoms with Gasteiger partial charge in [-0.1, -0.05) is 13.8 Å². The third kappa shape index (κ3) is 4.42. The van der Waals surface area contributed by atoms with Crippen LogP contribution in [0, 0.1) is 5.92 Å². The van der Waals surface area contributed by atoms with Crippen LogP contribution in [-0.4, -0.2) is 34.3 Å². The van der Waals surface area contributed by atoms with E-state index in [2.05, 4.69) is 46.6 Å². The second kappa shape index (κ2) is 6.88. The highest BCUT2D eigenvalue weighted by Gasteiger charge is 2.04. The first-order valence-electron chi connectivity index (χ1n) is 5.98.